The van der Waals surface area contributed by atoms with Crippen molar-refractivity contribution in [3.8, 4) is 11.1 Å². The van der Waals surface area contributed by atoms with Gasteiger partial charge in [0.1, 0.15) is 0 Å². The maximum absolute atomic E-state index is 2.49. The molecule has 0 fully saturated rings. The van der Waals surface area contributed by atoms with Gasteiger partial charge in [0, 0.05) is 0 Å². The second-order valence-corrected chi connectivity index (χ2v) is 15.6. The van der Waals surface area contributed by atoms with Crippen LogP contribution in [0.1, 0.15) is 118 Å². The summed E-state index contributed by atoms with van der Waals surface area (Å²) in [5.74, 6) is 1.55. The molecule has 0 N–H and O–H groups in total. The summed E-state index contributed by atoms with van der Waals surface area (Å²) in [6, 6.07) is 14.3. The first-order valence-electron chi connectivity index (χ1n) is 11.7. The molecule has 0 aliphatic rings. The van der Waals surface area contributed by atoms with Crippen molar-refractivity contribution < 1.29 is 22.4 Å². The number of hydrogen-bond acceptors (Lipinski definition) is 0. The van der Waals surface area contributed by atoms with E-state index < -0.39 is 0 Å². The van der Waals surface area contributed by atoms with Gasteiger partial charge in [-0.2, -0.15) is 0 Å². The first-order valence-corrected chi connectivity index (χ1v) is 13.1. The van der Waals surface area contributed by atoms with Gasteiger partial charge in [-0.3, -0.25) is 0 Å². The Morgan fingerprint density at radius 1 is 0.656 bits per heavy atom. The molecule has 0 unspecified atom stereocenters. The van der Waals surface area contributed by atoms with Crippen molar-refractivity contribution in [3.63, 3.8) is 0 Å². The van der Waals surface area contributed by atoms with Gasteiger partial charge in [0.05, 0.1) is 0 Å². The van der Waals surface area contributed by atoms with Crippen LogP contribution in [0, 0.1) is 7.43 Å². The zero-order chi connectivity index (χ0) is 23.0. The smallest absolute Gasteiger partial charge is 0.358 e. The third kappa shape index (κ3) is 7.06. The minimum Gasteiger partial charge on any atom is -0.358 e. The fourth-order valence-electron chi connectivity index (χ4n) is 4.88. The minimum absolute atomic E-state index is 0. The molecule has 0 saturated heterocycles. The molecule has 32 heavy (non-hydrogen) atoms. The van der Waals surface area contributed by atoms with Gasteiger partial charge in [0.15, 0.2) is 0 Å². The van der Waals surface area contributed by atoms with Crippen LogP contribution in [0.5, 0.6) is 0 Å². The molecule has 2 heteroatoms. The topological polar surface area (TPSA) is 0 Å². The fourth-order valence-corrected chi connectivity index (χ4v) is 9.00. The van der Waals surface area contributed by atoms with E-state index in [2.05, 4.69) is 119 Å². The summed E-state index contributed by atoms with van der Waals surface area (Å²) in [5.41, 5.74) is 7.46. The third-order valence-electron chi connectivity index (χ3n) is 5.89. The van der Waals surface area contributed by atoms with Gasteiger partial charge in [0.2, 0.25) is 0 Å². The summed E-state index contributed by atoms with van der Waals surface area (Å²) >= 11 is 0. The fraction of sp³-hybridized carbons (Fsp3) is 0.567. The molecule has 184 valence electrons. The van der Waals surface area contributed by atoms with E-state index in [4.69, 9.17) is 0 Å². The molecule has 0 amide bonds. The van der Waals surface area contributed by atoms with Gasteiger partial charge < -0.3 is 7.43 Å². The Kier molecular flexibility index (Phi) is 11.7. The van der Waals surface area contributed by atoms with Gasteiger partial charge >= 0.3 is 22.4 Å². The van der Waals surface area contributed by atoms with Gasteiger partial charge in [-0.25, -0.2) is 0 Å². The monoisotopic (exact) mass is 636 g/mol. The van der Waals surface area contributed by atoms with Gasteiger partial charge in [0.25, 0.3) is 0 Å². The molecule has 0 atom stereocenters. The van der Waals surface area contributed by atoms with Crippen LogP contribution >= 0.6 is 7.92 Å². The summed E-state index contributed by atoms with van der Waals surface area (Å²) in [6.45, 7) is 28.6. The molecule has 2 rings (SSSR count). The van der Waals surface area contributed by atoms with Crippen LogP contribution in [0.25, 0.3) is 11.1 Å². The Morgan fingerprint density at radius 3 is 1.41 bits per heavy atom. The number of benzene rings is 2. The SMILES string of the molecule is CC(C)c1cc(C(C)C)c(-c2ccccc2P(C(C)(C)C)C(C)(C)C)c(C(C)C)c1.[Au+].[CH3-]. The standard InChI is InChI=1S/C29H45P.CH3.Au/c1-19(2)22-17-24(20(3)4)27(25(18-22)21(5)6)23-15-13-14-16-26(23)30(28(7,8)9)29(10,11)12;;/h13-21H,1-12H3;1H3;/q;-1;+1. The van der Waals surface area contributed by atoms with Crippen molar-refractivity contribution in [2.75, 3.05) is 0 Å². The van der Waals surface area contributed by atoms with E-state index >= 15 is 0 Å². The Balaban J connectivity index is 0.00000480. The molecule has 0 aliphatic carbocycles. The van der Waals surface area contributed by atoms with E-state index in [0.717, 1.165) is 0 Å². The van der Waals surface area contributed by atoms with Gasteiger partial charge in [-0.05, 0) is 61.2 Å². The van der Waals surface area contributed by atoms with E-state index in [1.54, 1.807) is 5.30 Å². The molecular weight excluding hydrogens is 588 g/mol. The van der Waals surface area contributed by atoms with Gasteiger partial charge in [-0.1, -0.05) is 127 Å². The Labute approximate surface area is 217 Å². The first kappa shape index (κ1) is 31.6. The average Bonchev–Trinajstić information content (AvgIpc) is 2.58. The van der Waals surface area contributed by atoms with E-state index in [-0.39, 0.29) is 48.0 Å². The van der Waals surface area contributed by atoms with E-state index in [1.807, 2.05) is 0 Å². The Hall–Kier alpha value is -0.390. The summed E-state index contributed by atoms with van der Waals surface area (Å²) in [5, 5.41) is 2.06. The van der Waals surface area contributed by atoms with E-state index in [9.17, 15) is 0 Å². The van der Waals surface area contributed by atoms with Crippen molar-refractivity contribution in [1.82, 2.24) is 0 Å². The summed E-state index contributed by atoms with van der Waals surface area (Å²) in [4.78, 5) is 0. The summed E-state index contributed by atoms with van der Waals surface area (Å²) in [6.07, 6.45) is 0. The van der Waals surface area contributed by atoms with Crippen LogP contribution in [0.3, 0.4) is 0 Å². The van der Waals surface area contributed by atoms with Crippen LogP contribution in [0.15, 0.2) is 36.4 Å². The number of hydrogen-bond donors (Lipinski definition) is 0. The molecule has 0 heterocycles. The molecule has 0 spiro atoms. The van der Waals surface area contributed by atoms with Crippen molar-refractivity contribution in [2.45, 2.75) is 111 Å². The molecular formula is C30H48AuP. The Bertz CT molecular complexity index is 820. The maximum Gasteiger partial charge on any atom is 1.00 e. The summed E-state index contributed by atoms with van der Waals surface area (Å²) < 4.78 is 0. The van der Waals surface area contributed by atoms with Crippen LogP contribution in [-0.2, 0) is 22.4 Å². The van der Waals surface area contributed by atoms with Crippen molar-refractivity contribution in [3.05, 3.63) is 60.5 Å². The molecule has 0 saturated carbocycles. The normalized spacial score (nSPS) is 12.4. The Morgan fingerprint density at radius 2 is 1.06 bits per heavy atom. The maximum atomic E-state index is 2.49. The van der Waals surface area contributed by atoms with Crippen LogP contribution < -0.4 is 5.30 Å². The minimum atomic E-state index is -0.366. The second-order valence-electron chi connectivity index (χ2n) is 11.7. The second kappa shape index (κ2) is 11.8. The predicted octanol–water partition coefficient (Wildman–Crippen LogP) is 9.88. The number of rotatable bonds is 5. The van der Waals surface area contributed by atoms with E-state index in [0.29, 0.717) is 17.8 Å². The molecule has 0 aliphatic heterocycles. The van der Waals surface area contributed by atoms with E-state index in [1.165, 1.54) is 27.8 Å². The molecule has 2 aromatic carbocycles. The largest absolute Gasteiger partial charge is 1.00 e. The van der Waals surface area contributed by atoms with Gasteiger partial charge in [-0.15, -0.1) is 0 Å². The van der Waals surface area contributed by atoms with Crippen LogP contribution in [0.4, 0.5) is 0 Å². The molecule has 0 aromatic heterocycles. The molecule has 0 radical (unpaired) electrons. The predicted molar refractivity (Wildman–Crippen MR) is 147 cm³/mol. The summed E-state index contributed by atoms with van der Waals surface area (Å²) in [7, 11) is -0.366. The average molecular weight is 637 g/mol. The van der Waals surface area contributed by atoms with Crippen molar-refractivity contribution in [1.29, 1.82) is 0 Å². The molecule has 0 bridgehead atoms. The molecule has 2 aromatic rings. The van der Waals surface area contributed by atoms with Crippen LogP contribution in [-0.4, -0.2) is 10.3 Å². The zero-order valence-electron chi connectivity index (χ0n) is 22.9. The van der Waals surface area contributed by atoms with Crippen molar-refractivity contribution in [2.24, 2.45) is 0 Å². The molecule has 0 nitrogen and oxygen atoms in total. The third-order valence-corrected chi connectivity index (χ3v) is 9.44. The zero-order valence-corrected chi connectivity index (χ0v) is 26.0. The van der Waals surface area contributed by atoms with Crippen LogP contribution in [0.2, 0.25) is 0 Å². The first-order chi connectivity index (χ1) is 13.7. The van der Waals surface area contributed by atoms with Crippen molar-refractivity contribution >= 4 is 13.2 Å². The quantitative estimate of drug-likeness (QED) is 0.174.